The molecule has 0 saturated carbocycles. The highest BCUT2D eigenvalue weighted by molar-refractivity contribution is 6.27. The number of rotatable bonds is 1. The fourth-order valence-corrected chi connectivity index (χ4v) is 4.83. The number of para-hydroxylation sites is 2. The lowest BCUT2D eigenvalue weighted by molar-refractivity contribution is 1.08. The van der Waals surface area contributed by atoms with Crippen molar-refractivity contribution < 1.29 is 0 Å². The summed E-state index contributed by atoms with van der Waals surface area (Å²) >= 11 is 0. The van der Waals surface area contributed by atoms with E-state index in [2.05, 4.69) is 92.9 Å². The van der Waals surface area contributed by atoms with Gasteiger partial charge in [-0.3, -0.25) is 4.57 Å². The van der Waals surface area contributed by atoms with Gasteiger partial charge in [0.1, 0.15) is 5.82 Å². The third-order valence-corrected chi connectivity index (χ3v) is 5.93. The Hall–Kier alpha value is -3.85. The maximum atomic E-state index is 4.69. The summed E-state index contributed by atoms with van der Waals surface area (Å²) in [4.78, 5) is 4.69. The molecule has 0 unspecified atom stereocenters. The SMILES string of the molecule is c1ccc(-n2c3ccccc3c3ccc4c(c5cccc6ccn4c65)c32)nc1. The first kappa shape index (κ1) is 14.2. The lowest BCUT2D eigenvalue weighted by Crippen LogP contribution is -1.96. The molecule has 0 aliphatic carbocycles. The smallest absolute Gasteiger partial charge is 0.137 e. The Morgan fingerprint density at radius 1 is 0.607 bits per heavy atom. The van der Waals surface area contributed by atoms with Gasteiger partial charge < -0.3 is 4.40 Å². The van der Waals surface area contributed by atoms with Gasteiger partial charge in [0.05, 0.1) is 22.1 Å². The lowest BCUT2D eigenvalue weighted by Gasteiger charge is -2.07. The molecular formula is C25H15N3. The van der Waals surface area contributed by atoms with Crippen molar-refractivity contribution in [2.75, 3.05) is 0 Å². The number of nitrogens with zero attached hydrogens (tertiary/aromatic N) is 3. The van der Waals surface area contributed by atoms with Gasteiger partial charge in [-0.1, -0.05) is 48.5 Å². The van der Waals surface area contributed by atoms with E-state index in [0.717, 1.165) is 5.82 Å². The summed E-state index contributed by atoms with van der Waals surface area (Å²) in [6.07, 6.45) is 4.04. The van der Waals surface area contributed by atoms with Crippen LogP contribution in [0.15, 0.2) is 91.3 Å². The number of aromatic nitrogens is 3. The van der Waals surface area contributed by atoms with E-state index in [1.807, 2.05) is 12.3 Å². The van der Waals surface area contributed by atoms with Crippen molar-refractivity contribution in [2.45, 2.75) is 0 Å². The second-order valence-corrected chi connectivity index (χ2v) is 7.33. The van der Waals surface area contributed by atoms with E-state index in [4.69, 9.17) is 0 Å². The van der Waals surface area contributed by atoms with Crippen molar-refractivity contribution in [1.29, 1.82) is 0 Å². The van der Waals surface area contributed by atoms with Crippen LogP contribution >= 0.6 is 0 Å². The van der Waals surface area contributed by atoms with E-state index < -0.39 is 0 Å². The van der Waals surface area contributed by atoms with Crippen LogP contribution < -0.4 is 0 Å². The fourth-order valence-electron chi connectivity index (χ4n) is 4.83. The number of fused-ring (bicyclic) bond motifs is 7. The van der Waals surface area contributed by atoms with Crippen LogP contribution in [0.2, 0.25) is 0 Å². The predicted octanol–water partition coefficient (Wildman–Crippen LogP) is 6.18. The number of pyridine rings is 1. The van der Waals surface area contributed by atoms with Gasteiger partial charge >= 0.3 is 0 Å². The third kappa shape index (κ3) is 1.58. The van der Waals surface area contributed by atoms with Crippen molar-refractivity contribution in [3.05, 3.63) is 91.3 Å². The molecule has 7 aromatic rings. The fraction of sp³-hybridized carbons (Fsp3) is 0. The second kappa shape index (κ2) is 4.90. The molecule has 3 aromatic carbocycles. The molecule has 28 heavy (non-hydrogen) atoms. The molecule has 130 valence electrons. The molecule has 0 bridgehead atoms. The van der Waals surface area contributed by atoms with E-state index in [-0.39, 0.29) is 0 Å². The molecule has 7 rings (SSSR count). The van der Waals surface area contributed by atoms with Crippen molar-refractivity contribution >= 4 is 49.0 Å². The van der Waals surface area contributed by atoms with E-state index in [9.17, 15) is 0 Å². The Balaban J connectivity index is 1.85. The number of hydrogen-bond donors (Lipinski definition) is 0. The number of benzene rings is 3. The largest absolute Gasteiger partial charge is 0.315 e. The lowest BCUT2D eigenvalue weighted by atomic mass is 10.1. The molecule has 0 saturated heterocycles. The highest BCUT2D eigenvalue weighted by Crippen LogP contribution is 2.41. The Bertz CT molecular complexity index is 1650. The van der Waals surface area contributed by atoms with E-state index in [1.165, 1.54) is 49.0 Å². The first-order chi connectivity index (χ1) is 13.9. The van der Waals surface area contributed by atoms with Gasteiger partial charge in [0, 0.05) is 39.3 Å². The molecule has 0 aliphatic heterocycles. The van der Waals surface area contributed by atoms with Crippen LogP contribution in [0.25, 0.3) is 54.8 Å². The zero-order valence-electron chi connectivity index (χ0n) is 15.0. The van der Waals surface area contributed by atoms with Crippen LogP contribution in [0, 0.1) is 0 Å². The van der Waals surface area contributed by atoms with Gasteiger partial charge in [0.2, 0.25) is 0 Å². The highest BCUT2D eigenvalue weighted by Gasteiger charge is 2.20. The van der Waals surface area contributed by atoms with Gasteiger partial charge in [-0.25, -0.2) is 4.98 Å². The quantitative estimate of drug-likeness (QED) is 0.344. The zero-order valence-corrected chi connectivity index (χ0v) is 15.0. The van der Waals surface area contributed by atoms with E-state index in [0.29, 0.717) is 0 Å². The van der Waals surface area contributed by atoms with Gasteiger partial charge in [-0.2, -0.15) is 0 Å². The molecule has 0 aliphatic rings. The maximum Gasteiger partial charge on any atom is 0.137 e. The first-order valence-corrected chi connectivity index (χ1v) is 9.50. The Morgan fingerprint density at radius 2 is 1.50 bits per heavy atom. The standard InChI is InChI=1S/C25H15N3/c1-2-9-20-17(7-1)18-11-12-21-23(25(18)28(20)22-10-3-4-14-26-22)19-8-5-6-16-13-15-27(21)24(16)19/h1-15H. The second-order valence-electron chi connectivity index (χ2n) is 7.33. The van der Waals surface area contributed by atoms with Crippen LogP contribution in [0.5, 0.6) is 0 Å². The van der Waals surface area contributed by atoms with Crippen molar-refractivity contribution in [3.8, 4) is 5.82 Å². The summed E-state index contributed by atoms with van der Waals surface area (Å²) in [6.45, 7) is 0. The zero-order chi connectivity index (χ0) is 18.2. The van der Waals surface area contributed by atoms with E-state index in [1.54, 1.807) is 0 Å². The molecule has 0 atom stereocenters. The monoisotopic (exact) mass is 357 g/mol. The number of hydrogen-bond acceptors (Lipinski definition) is 1. The van der Waals surface area contributed by atoms with Crippen molar-refractivity contribution in [3.63, 3.8) is 0 Å². The minimum Gasteiger partial charge on any atom is -0.315 e. The van der Waals surface area contributed by atoms with Gasteiger partial charge in [0.25, 0.3) is 0 Å². The van der Waals surface area contributed by atoms with Crippen LogP contribution in [-0.2, 0) is 0 Å². The molecule has 3 heteroatoms. The average Bonchev–Trinajstić information content (AvgIpc) is 3.42. The first-order valence-electron chi connectivity index (χ1n) is 9.50. The maximum absolute atomic E-state index is 4.69. The third-order valence-electron chi connectivity index (χ3n) is 5.93. The summed E-state index contributed by atoms with van der Waals surface area (Å²) in [7, 11) is 0. The molecule has 0 fully saturated rings. The van der Waals surface area contributed by atoms with Gasteiger partial charge in [0.15, 0.2) is 0 Å². The van der Waals surface area contributed by atoms with E-state index >= 15 is 0 Å². The van der Waals surface area contributed by atoms with Crippen LogP contribution in [0.1, 0.15) is 0 Å². The summed E-state index contributed by atoms with van der Waals surface area (Å²) in [5, 5.41) is 6.39. The Labute approximate surface area is 160 Å². The predicted molar refractivity (Wildman–Crippen MR) is 116 cm³/mol. The van der Waals surface area contributed by atoms with Crippen molar-refractivity contribution in [1.82, 2.24) is 14.0 Å². The van der Waals surface area contributed by atoms with Crippen LogP contribution in [0.3, 0.4) is 0 Å². The molecule has 0 amide bonds. The van der Waals surface area contributed by atoms with Crippen LogP contribution in [0.4, 0.5) is 0 Å². The summed E-state index contributed by atoms with van der Waals surface area (Å²) in [6, 6.07) is 28.0. The summed E-state index contributed by atoms with van der Waals surface area (Å²) < 4.78 is 4.63. The Morgan fingerprint density at radius 3 is 2.43 bits per heavy atom. The molecule has 3 nitrogen and oxygen atoms in total. The molecule has 4 aromatic heterocycles. The average molecular weight is 357 g/mol. The Kier molecular flexibility index (Phi) is 2.49. The summed E-state index contributed by atoms with van der Waals surface area (Å²) in [5.74, 6) is 0.950. The van der Waals surface area contributed by atoms with Gasteiger partial charge in [-0.05, 0) is 30.3 Å². The molecule has 0 N–H and O–H groups in total. The molecule has 4 heterocycles. The van der Waals surface area contributed by atoms with Crippen molar-refractivity contribution in [2.24, 2.45) is 0 Å². The van der Waals surface area contributed by atoms with Gasteiger partial charge in [-0.15, -0.1) is 0 Å². The molecular weight excluding hydrogens is 342 g/mol. The molecule has 0 spiro atoms. The van der Waals surface area contributed by atoms with Crippen LogP contribution in [-0.4, -0.2) is 14.0 Å². The minimum atomic E-state index is 0.950. The molecule has 0 radical (unpaired) electrons. The minimum absolute atomic E-state index is 0.950. The normalized spacial score (nSPS) is 12.3. The topological polar surface area (TPSA) is 22.2 Å². The highest BCUT2D eigenvalue weighted by atomic mass is 15.1. The summed E-state index contributed by atoms with van der Waals surface area (Å²) in [5.41, 5.74) is 4.95.